The Hall–Kier alpha value is -1.14. The Kier molecular flexibility index (Phi) is 5.15. The topological polar surface area (TPSA) is 80.2 Å². The molecule has 106 valence electrons. The van der Waals surface area contributed by atoms with Gasteiger partial charge in [-0.2, -0.15) is 15.0 Å². The maximum Gasteiger partial charge on any atom is 0.322 e. The number of ether oxygens (including phenoxy) is 1. The van der Waals surface area contributed by atoms with Crippen molar-refractivity contribution in [3.63, 3.8) is 0 Å². The highest BCUT2D eigenvalue weighted by molar-refractivity contribution is 6.28. The molecule has 1 aliphatic rings. The Labute approximate surface area is 117 Å². The van der Waals surface area contributed by atoms with Crippen molar-refractivity contribution >= 4 is 17.5 Å². The molecule has 1 aliphatic carbocycles. The van der Waals surface area contributed by atoms with Crippen LogP contribution in [0.2, 0.25) is 5.28 Å². The molecule has 0 amide bonds. The van der Waals surface area contributed by atoms with E-state index in [1.807, 2.05) is 6.92 Å². The van der Waals surface area contributed by atoms with Crippen molar-refractivity contribution in [3.05, 3.63) is 5.28 Å². The number of hydrogen-bond donors (Lipinski definition) is 2. The Morgan fingerprint density at radius 1 is 1.32 bits per heavy atom. The van der Waals surface area contributed by atoms with Crippen LogP contribution in [0.3, 0.4) is 0 Å². The predicted molar refractivity (Wildman–Crippen MR) is 72.5 cm³/mol. The Bertz CT molecular complexity index is 419. The van der Waals surface area contributed by atoms with Crippen LogP contribution in [0.25, 0.3) is 0 Å². The van der Waals surface area contributed by atoms with Crippen LogP contribution >= 0.6 is 11.6 Å². The number of nitrogens with one attached hydrogen (secondary N) is 1. The summed E-state index contributed by atoms with van der Waals surface area (Å²) in [5.74, 6) is 0.358. The first-order valence-corrected chi connectivity index (χ1v) is 7.06. The second-order valence-corrected chi connectivity index (χ2v) is 5.00. The molecule has 2 atom stereocenters. The number of anilines is 1. The average molecular weight is 287 g/mol. The van der Waals surface area contributed by atoms with Gasteiger partial charge in [0.15, 0.2) is 0 Å². The van der Waals surface area contributed by atoms with Gasteiger partial charge in [-0.25, -0.2) is 0 Å². The fourth-order valence-corrected chi connectivity index (χ4v) is 2.25. The Balaban J connectivity index is 2.04. The minimum absolute atomic E-state index is 0.0359. The molecule has 1 fully saturated rings. The fourth-order valence-electron chi connectivity index (χ4n) is 2.10. The number of rotatable bonds is 5. The highest BCUT2D eigenvalue weighted by atomic mass is 35.5. The van der Waals surface area contributed by atoms with Gasteiger partial charge in [0.1, 0.15) is 0 Å². The first kappa shape index (κ1) is 14.3. The number of hydrogen-bond acceptors (Lipinski definition) is 6. The summed E-state index contributed by atoms with van der Waals surface area (Å²) in [5.41, 5.74) is 0. The minimum atomic E-state index is -0.371. The van der Waals surface area contributed by atoms with Crippen LogP contribution in [0.4, 0.5) is 5.95 Å². The molecule has 0 saturated heterocycles. The summed E-state index contributed by atoms with van der Waals surface area (Å²) >= 11 is 5.84. The number of halogens is 1. The number of nitrogens with zero attached hydrogens (tertiary/aromatic N) is 3. The zero-order valence-corrected chi connectivity index (χ0v) is 11.7. The van der Waals surface area contributed by atoms with Gasteiger partial charge in [-0.05, 0) is 30.9 Å². The Morgan fingerprint density at radius 2 is 2.11 bits per heavy atom. The predicted octanol–water partition coefficient (Wildman–Crippen LogP) is 2.03. The van der Waals surface area contributed by atoms with Gasteiger partial charge in [0.25, 0.3) is 0 Å². The second kappa shape index (κ2) is 6.86. The first-order valence-electron chi connectivity index (χ1n) is 6.68. The molecule has 0 radical (unpaired) electrons. The van der Waals surface area contributed by atoms with Gasteiger partial charge >= 0.3 is 6.01 Å². The van der Waals surface area contributed by atoms with Gasteiger partial charge in [0, 0.05) is 0 Å². The lowest BCUT2D eigenvalue weighted by Crippen LogP contribution is -2.36. The largest absolute Gasteiger partial charge is 0.463 e. The van der Waals surface area contributed by atoms with Crippen molar-refractivity contribution in [1.29, 1.82) is 0 Å². The molecule has 2 N–H and O–H groups in total. The summed E-state index contributed by atoms with van der Waals surface area (Å²) in [5, 5.41) is 13.1. The van der Waals surface area contributed by atoms with Gasteiger partial charge in [0.2, 0.25) is 11.2 Å². The van der Waals surface area contributed by atoms with Crippen LogP contribution in [0.15, 0.2) is 0 Å². The molecule has 6 nitrogen and oxygen atoms in total. The monoisotopic (exact) mass is 286 g/mol. The highest BCUT2D eigenvalue weighted by Gasteiger charge is 2.23. The summed E-state index contributed by atoms with van der Waals surface area (Å²) in [4.78, 5) is 12.1. The molecule has 0 aliphatic heterocycles. The lowest BCUT2D eigenvalue weighted by Gasteiger charge is -2.28. The van der Waals surface area contributed by atoms with Crippen molar-refractivity contribution in [2.75, 3.05) is 11.9 Å². The van der Waals surface area contributed by atoms with Crippen LogP contribution < -0.4 is 10.1 Å². The second-order valence-electron chi connectivity index (χ2n) is 4.66. The third kappa shape index (κ3) is 4.18. The summed E-state index contributed by atoms with van der Waals surface area (Å²) in [6, 6.07) is 0.181. The fraction of sp³-hybridized carbons (Fsp3) is 0.750. The van der Waals surface area contributed by atoms with Crippen molar-refractivity contribution in [2.24, 2.45) is 0 Å². The van der Waals surface area contributed by atoms with Crippen molar-refractivity contribution in [2.45, 2.75) is 51.2 Å². The Morgan fingerprint density at radius 3 is 2.84 bits per heavy atom. The van der Waals surface area contributed by atoms with E-state index in [-0.39, 0.29) is 23.4 Å². The number of aromatic nitrogens is 3. The third-order valence-electron chi connectivity index (χ3n) is 3.07. The van der Waals surface area contributed by atoms with Gasteiger partial charge in [-0.3, -0.25) is 0 Å². The van der Waals surface area contributed by atoms with E-state index in [1.165, 1.54) is 0 Å². The van der Waals surface area contributed by atoms with E-state index in [9.17, 15) is 5.11 Å². The third-order valence-corrected chi connectivity index (χ3v) is 3.24. The molecule has 2 unspecified atom stereocenters. The van der Waals surface area contributed by atoms with Crippen molar-refractivity contribution < 1.29 is 9.84 Å². The molecular weight excluding hydrogens is 268 g/mol. The van der Waals surface area contributed by atoms with Gasteiger partial charge in [0.05, 0.1) is 18.8 Å². The minimum Gasteiger partial charge on any atom is -0.463 e. The normalized spacial score (nSPS) is 23.1. The average Bonchev–Trinajstić information content (AvgIpc) is 2.38. The summed E-state index contributed by atoms with van der Waals surface area (Å²) in [7, 11) is 0. The van der Waals surface area contributed by atoms with Crippen LogP contribution in [0, 0.1) is 0 Å². The molecule has 7 heteroatoms. The quantitative estimate of drug-likeness (QED) is 0.862. The van der Waals surface area contributed by atoms with Crippen molar-refractivity contribution in [1.82, 2.24) is 15.0 Å². The van der Waals surface area contributed by atoms with Gasteiger partial charge in [-0.15, -0.1) is 0 Å². The van der Waals surface area contributed by atoms with E-state index < -0.39 is 0 Å². The van der Waals surface area contributed by atoms with E-state index in [0.29, 0.717) is 12.6 Å². The van der Waals surface area contributed by atoms with Crippen LogP contribution in [0.5, 0.6) is 6.01 Å². The summed E-state index contributed by atoms with van der Waals surface area (Å²) < 4.78 is 5.34. The number of aliphatic hydroxyl groups is 1. The van der Waals surface area contributed by atoms with Gasteiger partial charge in [-0.1, -0.05) is 19.8 Å². The van der Waals surface area contributed by atoms with E-state index >= 15 is 0 Å². The molecule has 2 rings (SSSR count). The molecular formula is C12H19ClN4O2. The zero-order valence-electron chi connectivity index (χ0n) is 11.0. The van der Waals surface area contributed by atoms with E-state index in [2.05, 4.69) is 20.3 Å². The SMILES string of the molecule is CCCOc1nc(Cl)nc(NC2CCCCC2O)n1. The van der Waals surface area contributed by atoms with Crippen LogP contribution in [-0.2, 0) is 0 Å². The van der Waals surface area contributed by atoms with E-state index in [1.54, 1.807) is 0 Å². The molecule has 1 aromatic heterocycles. The van der Waals surface area contributed by atoms with Gasteiger partial charge < -0.3 is 15.2 Å². The maximum atomic E-state index is 9.91. The lowest BCUT2D eigenvalue weighted by molar-refractivity contribution is 0.116. The van der Waals surface area contributed by atoms with Crippen LogP contribution in [-0.4, -0.2) is 38.8 Å². The van der Waals surface area contributed by atoms with Crippen LogP contribution in [0.1, 0.15) is 39.0 Å². The van der Waals surface area contributed by atoms with E-state index in [4.69, 9.17) is 16.3 Å². The summed E-state index contributed by atoms with van der Waals surface area (Å²) in [6.45, 7) is 2.53. The molecule has 0 aromatic carbocycles. The highest BCUT2D eigenvalue weighted by Crippen LogP contribution is 2.22. The molecule has 1 heterocycles. The smallest absolute Gasteiger partial charge is 0.322 e. The maximum absolute atomic E-state index is 9.91. The molecule has 19 heavy (non-hydrogen) atoms. The molecule has 0 spiro atoms. The first-order chi connectivity index (χ1) is 9.19. The zero-order chi connectivity index (χ0) is 13.7. The van der Waals surface area contributed by atoms with Crippen molar-refractivity contribution in [3.8, 4) is 6.01 Å². The van der Waals surface area contributed by atoms with E-state index in [0.717, 1.165) is 32.1 Å². The summed E-state index contributed by atoms with van der Waals surface area (Å²) in [6.07, 6.45) is 4.34. The molecule has 0 bridgehead atoms. The molecule has 1 saturated carbocycles. The standard InChI is InChI=1S/C12H19ClN4O2/c1-2-7-19-12-16-10(13)15-11(17-12)14-8-5-3-4-6-9(8)18/h8-9,18H,2-7H2,1H3,(H,14,15,16,17). The number of aliphatic hydroxyl groups excluding tert-OH is 1. The molecule has 1 aromatic rings. The lowest BCUT2D eigenvalue weighted by atomic mass is 9.93.